The molecule has 1 atom stereocenters. The largest absolute Gasteiger partial charge is 0.382 e. The highest BCUT2D eigenvalue weighted by molar-refractivity contribution is 9.10. The molecule has 0 bridgehead atoms. The van der Waals surface area contributed by atoms with E-state index in [0.29, 0.717) is 15.6 Å². The van der Waals surface area contributed by atoms with Gasteiger partial charge in [0, 0.05) is 37.6 Å². The van der Waals surface area contributed by atoms with Gasteiger partial charge in [0.2, 0.25) is 0 Å². The predicted molar refractivity (Wildman–Crippen MR) is 107 cm³/mol. The molecule has 0 saturated heterocycles. The van der Waals surface area contributed by atoms with Gasteiger partial charge in [0.15, 0.2) is 0 Å². The fourth-order valence-electron chi connectivity index (χ4n) is 2.67. The van der Waals surface area contributed by atoms with E-state index in [1.54, 1.807) is 12.1 Å². The Hall–Kier alpha value is -2.07. The Balaban J connectivity index is 1.90. The topological polar surface area (TPSA) is 70.2 Å². The molecule has 152 valence electrons. The van der Waals surface area contributed by atoms with Crippen LogP contribution in [0, 0.1) is 21.7 Å². The van der Waals surface area contributed by atoms with Crippen LogP contribution in [0.1, 0.15) is 17.2 Å². The number of hydrogen-bond donors (Lipinski definition) is 0. The Labute approximate surface area is 182 Å². The van der Waals surface area contributed by atoms with E-state index < -0.39 is 22.7 Å². The Morgan fingerprint density at radius 1 is 1.21 bits per heavy atom. The van der Waals surface area contributed by atoms with Crippen LogP contribution in [0.5, 0.6) is 0 Å². The van der Waals surface area contributed by atoms with Crippen molar-refractivity contribution in [2.45, 2.75) is 19.3 Å². The van der Waals surface area contributed by atoms with Crippen LogP contribution in [-0.4, -0.2) is 14.5 Å². The molecule has 0 amide bonds. The highest BCUT2D eigenvalue weighted by atomic mass is 79.9. The number of ether oxygens (including phenoxy) is 1. The van der Waals surface area contributed by atoms with Gasteiger partial charge in [-0.25, -0.2) is 8.78 Å². The van der Waals surface area contributed by atoms with E-state index in [0.717, 1.165) is 18.2 Å². The molecule has 0 radical (unpaired) electrons. The summed E-state index contributed by atoms with van der Waals surface area (Å²) in [6.07, 6.45) is 0.530. The summed E-state index contributed by atoms with van der Waals surface area (Å²) in [5, 5.41) is 11.7. The van der Waals surface area contributed by atoms with Crippen molar-refractivity contribution in [2.75, 3.05) is 0 Å². The van der Waals surface area contributed by atoms with Crippen molar-refractivity contribution in [1.29, 1.82) is 0 Å². The van der Waals surface area contributed by atoms with Gasteiger partial charge < -0.3 is 14.9 Å². The second kappa shape index (κ2) is 9.17. The van der Waals surface area contributed by atoms with Crippen LogP contribution in [0.15, 0.2) is 47.3 Å². The summed E-state index contributed by atoms with van der Waals surface area (Å²) in [7, 11) is 0. The fourth-order valence-corrected chi connectivity index (χ4v) is 3.63. The highest BCUT2D eigenvalue weighted by Gasteiger charge is 2.23. The minimum absolute atomic E-state index is 0.0978. The number of aromatic nitrogens is 2. The van der Waals surface area contributed by atoms with Crippen LogP contribution in [0.25, 0.3) is 0 Å². The maximum absolute atomic E-state index is 13.4. The average Bonchev–Trinajstić information content (AvgIpc) is 2.99. The van der Waals surface area contributed by atoms with E-state index in [4.69, 9.17) is 27.9 Å². The Kier molecular flexibility index (Phi) is 6.84. The monoisotopic (exact) mass is 505 g/mol. The number of imidazole rings is 1. The van der Waals surface area contributed by atoms with E-state index >= 15 is 0 Å². The molecule has 1 aromatic heterocycles. The number of nitrogens with zero attached hydrogens (tertiary/aromatic N) is 3. The van der Waals surface area contributed by atoms with Crippen molar-refractivity contribution in [3.05, 3.63) is 90.2 Å². The first kappa shape index (κ1) is 21.6. The minimum Gasteiger partial charge on any atom is -0.367 e. The molecular weight excluding hydrogens is 495 g/mol. The lowest BCUT2D eigenvalue weighted by atomic mass is 10.1. The Morgan fingerprint density at radius 3 is 2.48 bits per heavy atom. The third-order valence-electron chi connectivity index (χ3n) is 3.95. The third-order valence-corrected chi connectivity index (χ3v) is 5.14. The van der Waals surface area contributed by atoms with Crippen LogP contribution in [0.2, 0.25) is 10.0 Å². The van der Waals surface area contributed by atoms with Crippen LogP contribution in [0.4, 0.5) is 14.6 Å². The van der Waals surface area contributed by atoms with Crippen LogP contribution in [-0.2, 0) is 17.9 Å². The van der Waals surface area contributed by atoms with E-state index in [1.165, 1.54) is 16.8 Å². The Morgan fingerprint density at radius 2 is 1.90 bits per heavy atom. The highest BCUT2D eigenvalue weighted by Crippen LogP contribution is 2.32. The molecule has 0 aliphatic rings. The van der Waals surface area contributed by atoms with Crippen molar-refractivity contribution >= 4 is 44.9 Å². The molecule has 29 heavy (non-hydrogen) atoms. The number of benzene rings is 2. The van der Waals surface area contributed by atoms with E-state index in [2.05, 4.69) is 20.9 Å². The van der Waals surface area contributed by atoms with Crippen LogP contribution < -0.4 is 0 Å². The minimum atomic E-state index is -0.724. The van der Waals surface area contributed by atoms with Crippen molar-refractivity contribution in [1.82, 2.24) is 9.55 Å². The quantitative estimate of drug-likeness (QED) is 0.287. The van der Waals surface area contributed by atoms with E-state index in [1.807, 2.05) is 0 Å². The second-order valence-corrected chi connectivity index (χ2v) is 7.57. The van der Waals surface area contributed by atoms with Gasteiger partial charge in [0.05, 0.1) is 13.2 Å². The zero-order valence-corrected chi connectivity index (χ0v) is 17.6. The molecule has 0 spiro atoms. The molecule has 0 saturated carbocycles. The summed E-state index contributed by atoms with van der Waals surface area (Å²) in [6, 6.07) is 7.87. The molecule has 1 heterocycles. The van der Waals surface area contributed by atoms with Gasteiger partial charge in [-0.15, -0.1) is 0 Å². The molecule has 3 rings (SSSR count). The third kappa shape index (κ3) is 5.51. The lowest BCUT2D eigenvalue weighted by Gasteiger charge is -2.20. The maximum atomic E-state index is 13.4. The number of nitro groups is 1. The lowest BCUT2D eigenvalue weighted by molar-refractivity contribution is -0.389. The molecule has 0 aliphatic heterocycles. The summed E-state index contributed by atoms with van der Waals surface area (Å²) in [5.41, 5.74) is 0.837. The molecule has 6 nitrogen and oxygen atoms in total. The zero-order chi connectivity index (χ0) is 21.1. The summed E-state index contributed by atoms with van der Waals surface area (Å²) in [6.45, 7) is -0.0206. The predicted octanol–water partition coefficient (Wildman–Crippen LogP) is 6.10. The van der Waals surface area contributed by atoms with Crippen molar-refractivity contribution < 1.29 is 18.4 Å². The smallest absolute Gasteiger partial charge is 0.367 e. The van der Waals surface area contributed by atoms with E-state index in [9.17, 15) is 18.9 Å². The average molecular weight is 507 g/mol. The summed E-state index contributed by atoms with van der Waals surface area (Å²) < 4.78 is 34.5. The number of rotatable bonds is 7. The molecule has 11 heteroatoms. The lowest BCUT2D eigenvalue weighted by Crippen LogP contribution is -2.13. The first-order valence-electron chi connectivity index (χ1n) is 8.11. The number of halogens is 5. The normalized spacial score (nSPS) is 12.2. The van der Waals surface area contributed by atoms with Gasteiger partial charge in [-0.05, 0) is 39.7 Å². The van der Waals surface area contributed by atoms with Gasteiger partial charge in [-0.1, -0.05) is 29.3 Å². The zero-order valence-electron chi connectivity index (χ0n) is 14.5. The SMILES string of the molecule is O=[N+]([O-])c1cn(CC(OCc2cc(F)cc(F)c2)c2ccc(Cl)cc2Cl)c(Br)n1. The number of hydrogen-bond acceptors (Lipinski definition) is 4. The van der Waals surface area contributed by atoms with Crippen molar-refractivity contribution in [2.24, 2.45) is 0 Å². The summed E-state index contributed by atoms with van der Waals surface area (Å²) >= 11 is 15.4. The molecular formula is C18H12BrCl2F2N3O3. The van der Waals surface area contributed by atoms with Crippen molar-refractivity contribution in [3.63, 3.8) is 0 Å². The van der Waals surface area contributed by atoms with Gasteiger partial charge in [-0.3, -0.25) is 4.57 Å². The fraction of sp³-hybridized carbons (Fsp3) is 0.167. The van der Waals surface area contributed by atoms with Crippen LogP contribution >= 0.6 is 39.1 Å². The van der Waals surface area contributed by atoms with Crippen LogP contribution in [0.3, 0.4) is 0 Å². The van der Waals surface area contributed by atoms with Gasteiger partial charge in [-0.2, -0.15) is 0 Å². The second-order valence-electron chi connectivity index (χ2n) is 6.02. The summed E-state index contributed by atoms with van der Waals surface area (Å²) in [4.78, 5) is 14.1. The maximum Gasteiger partial charge on any atom is 0.382 e. The van der Waals surface area contributed by atoms with Crippen molar-refractivity contribution in [3.8, 4) is 0 Å². The first-order chi connectivity index (χ1) is 13.7. The molecule has 2 aromatic carbocycles. The summed E-state index contributed by atoms with van der Waals surface area (Å²) in [5.74, 6) is -1.79. The van der Waals surface area contributed by atoms with Gasteiger partial charge in [0.1, 0.15) is 23.9 Å². The van der Waals surface area contributed by atoms with Gasteiger partial charge in [0.25, 0.3) is 4.73 Å². The molecule has 1 unspecified atom stereocenters. The molecule has 3 aromatic rings. The Bertz CT molecular complexity index is 1040. The first-order valence-corrected chi connectivity index (χ1v) is 9.66. The van der Waals surface area contributed by atoms with E-state index in [-0.39, 0.29) is 29.3 Å². The molecule has 0 aliphatic carbocycles. The standard InChI is InChI=1S/C18H12BrCl2F2N3O3/c19-18-24-17(26(27)28)8-25(18)7-16(14-2-1-11(20)5-15(14)21)29-9-10-3-12(22)6-13(23)4-10/h1-6,8,16H,7,9H2. The van der Waals surface area contributed by atoms with Gasteiger partial charge >= 0.3 is 5.82 Å². The molecule has 0 fully saturated rings. The molecule has 0 N–H and O–H groups in total.